The van der Waals surface area contributed by atoms with Gasteiger partial charge in [-0.2, -0.15) is 0 Å². The van der Waals surface area contributed by atoms with Gasteiger partial charge >= 0.3 is 0 Å². The van der Waals surface area contributed by atoms with Gasteiger partial charge < -0.3 is 14.8 Å². The van der Waals surface area contributed by atoms with E-state index in [2.05, 4.69) is 15.3 Å². The van der Waals surface area contributed by atoms with Crippen molar-refractivity contribution >= 4 is 17.2 Å². The van der Waals surface area contributed by atoms with E-state index in [1.807, 2.05) is 23.6 Å². The Hall–Kier alpha value is -2.93. The van der Waals surface area contributed by atoms with Crippen LogP contribution in [0.1, 0.15) is 15.4 Å². The van der Waals surface area contributed by atoms with Crippen molar-refractivity contribution in [2.45, 2.75) is 6.54 Å². The average Bonchev–Trinajstić information content (AvgIpc) is 3.15. The number of carbonyl (C=O) groups is 1. The number of amides is 1. The van der Waals surface area contributed by atoms with Crippen LogP contribution in [0.3, 0.4) is 0 Å². The molecule has 0 saturated heterocycles. The summed E-state index contributed by atoms with van der Waals surface area (Å²) >= 11 is 1.48. The fourth-order valence-corrected chi connectivity index (χ4v) is 2.99. The van der Waals surface area contributed by atoms with Gasteiger partial charge in [0, 0.05) is 17.1 Å². The zero-order valence-corrected chi connectivity index (χ0v) is 14.7. The molecule has 128 valence electrons. The van der Waals surface area contributed by atoms with Crippen molar-refractivity contribution in [1.29, 1.82) is 0 Å². The maximum Gasteiger partial charge on any atom is 0.251 e. The Morgan fingerprint density at radius 1 is 1.12 bits per heavy atom. The molecule has 0 aliphatic heterocycles. The predicted molar refractivity (Wildman–Crippen MR) is 96.1 cm³/mol. The van der Waals surface area contributed by atoms with Crippen molar-refractivity contribution in [3.8, 4) is 22.9 Å². The van der Waals surface area contributed by atoms with Gasteiger partial charge in [-0.05, 0) is 30.3 Å². The molecular formula is C18H17N3O3S. The maximum absolute atomic E-state index is 12.3. The Bertz CT molecular complexity index is 865. The SMILES string of the molecule is COc1ccc(C(=O)NCc2nc(-c3ccccn3)cs2)cc1OC. The number of pyridine rings is 1. The molecule has 2 aromatic heterocycles. The summed E-state index contributed by atoms with van der Waals surface area (Å²) < 4.78 is 10.4. The first-order valence-corrected chi connectivity index (χ1v) is 8.45. The van der Waals surface area contributed by atoms with Crippen molar-refractivity contribution in [2.24, 2.45) is 0 Å². The summed E-state index contributed by atoms with van der Waals surface area (Å²) in [6.07, 6.45) is 1.73. The highest BCUT2D eigenvalue weighted by atomic mass is 32.1. The quantitative estimate of drug-likeness (QED) is 0.735. The van der Waals surface area contributed by atoms with Gasteiger partial charge in [-0.25, -0.2) is 4.98 Å². The number of nitrogens with zero attached hydrogens (tertiary/aromatic N) is 2. The fraction of sp³-hybridized carbons (Fsp3) is 0.167. The molecule has 0 radical (unpaired) electrons. The number of hydrogen-bond acceptors (Lipinski definition) is 6. The predicted octanol–water partition coefficient (Wildman–Crippen LogP) is 3.15. The van der Waals surface area contributed by atoms with Crippen molar-refractivity contribution in [3.63, 3.8) is 0 Å². The van der Waals surface area contributed by atoms with Gasteiger partial charge in [0.25, 0.3) is 5.91 Å². The summed E-state index contributed by atoms with van der Waals surface area (Å²) in [6, 6.07) is 10.7. The second-order valence-corrected chi connectivity index (χ2v) is 6.04. The summed E-state index contributed by atoms with van der Waals surface area (Å²) in [7, 11) is 3.09. The van der Waals surface area contributed by atoms with E-state index in [1.54, 1.807) is 31.5 Å². The minimum atomic E-state index is -0.199. The minimum absolute atomic E-state index is 0.199. The number of benzene rings is 1. The Morgan fingerprint density at radius 2 is 1.96 bits per heavy atom. The lowest BCUT2D eigenvalue weighted by atomic mass is 10.2. The van der Waals surface area contributed by atoms with Crippen LogP contribution in [0.25, 0.3) is 11.4 Å². The largest absolute Gasteiger partial charge is 0.493 e. The first kappa shape index (κ1) is 16.9. The standard InChI is InChI=1S/C18H17N3O3S/c1-23-15-7-6-12(9-16(15)24-2)18(22)20-10-17-21-14(11-25-17)13-5-3-4-8-19-13/h3-9,11H,10H2,1-2H3,(H,20,22). The molecule has 6 nitrogen and oxygen atoms in total. The smallest absolute Gasteiger partial charge is 0.251 e. The van der Waals surface area contributed by atoms with Crippen LogP contribution in [0.5, 0.6) is 11.5 Å². The Morgan fingerprint density at radius 3 is 2.68 bits per heavy atom. The summed E-state index contributed by atoms with van der Waals surface area (Å²) in [5.74, 6) is 0.899. The first-order valence-electron chi connectivity index (χ1n) is 7.57. The topological polar surface area (TPSA) is 73.3 Å². The molecule has 0 aliphatic carbocycles. The lowest BCUT2D eigenvalue weighted by molar-refractivity contribution is 0.0950. The van der Waals surface area contributed by atoms with Crippen LogP contribution >= 0.6 is 11.3 Å². The van der Waals surface area contributed by atoms with E-state index in [9.17, 15) is 4.79 Å². The molecule has 25 heavy (non-hydrogen) atoms. The normalized spacial score (nSPS) is 10.3. The van der Waals surface area contributed by atoms with Crippen LogP contribution in [-0.2, 0) is 6.54 Å². The minimum Gasteiger partial charge on any atom is -0.493 e. The van der Waals surface area contributed by atoms with Gasteiger partial charge in [0.2, 0.25) is 0 Å². The van der Waals surface area contributed by atoms with E-state index in [1.165, 1.54) is 18.4 Å². The summed E-state index contributed by atoms with van der Waals surface area (Å²) in [6.45, 7) is 0.352. The van der Waals surface area contributed by atoms with Crippen molar-refractivity contribution < 1.29 is 14.3 Å². The molecule has 0 aliphatic rings. The number of aromatic nitrogens is 2. The van der Waals surface area contributed by atoms with E-state index < -0.39 is 0 Å². The average molecular weight is 355 g/mol. The van der Waals surface area contributed by atoms with Crippen molar-refractivity contribution in [3.05, 3.63) is 58.5 Å². The third kappa shape index (κ3) is 3.95. The van der Waals surface area contributed by atoms with E-state index in [-0.39, 0.29) is 5.91 Å². The molecule has 2 heterocycles. The molecule has 0 atom stereocenters. The van der Waals surface area contributed by atoms with E-state index in [0.717, 1.165) is 16.4 Å². The van der Waals surface area contributed by atoms with Gasteiger partial charge in [-0.15, -0.1) is 11.3 Å². The monoisotopic (exact) mass is 355 g/mol. The molecule has 0 fully saturated rings. The lowest BCUT2D eigenvalue weighted by Gasteiger charge is -2.09. The van der Waals surface area contributed by atoms with E-state index in [4.69, 9.17) is 9.47 Å². The molecule has 1 N–H and O–H groups in total. The number of methoxy groups -OCH3 is 2. The number of thiazole rings is 1. The van der Waals surface area contributed by atoms with Crippen LogP contribution in [0, 0.1) is 0 Å². The van der Waals surface area contributed by atoms with Crippen LogP contribution < -0.4 is 14.8 Å². The second kappa shape index (κ2) is 7.76. The molecule has 0 spiro atoms. The molecule has 3 aromatic rings. The highest BCUT2D eigenvalue weighted by Crippen LogP contribution is 2.27. The van der Waals surface area contributed by atoms with Gasteiger partial charge in [-0.3, -0.25) is 9.78 Å². The third-order valence-corrected chi connectivity index (χ3v) is 4.37. The van der Waals surface area contributed by atoms with Crippen molar-refractivity contribution in [2.75, 3.05) is 14.2 Å². The third-order valence-electron chi connectivity index (χ3n) is 3.52. The number of hydrogen-bond donors (Lipinski definition) is 1. The molecule has 0 saturated carbocycles. The summed E-state index contributed by atoms with van der Waals surface area (Å²) in [5.41, 5.74) is 2.12. The van der Waals surface area contributed by atoms with Crippen LogP contribution in [0.15, 0.2) is 48.0 Å². The number of nitrogens with one attached hydrogen (secondary N) is 1. The Kier molecular flexibility index (Phi) is 5.25. The second-order valence-electron chi connectivity index (χ2n) is 5.09. The van der Waals surface area contributed by atoms with Crippen molar-refractivity contribution in [1.82, 2.24) is 15.3 Å². The molecular weight excluding hydrogens is 338 g/mol. The summed E-state index contributed by atoms with van der Waals surface area (Å²) in [5, 5.41) is 5.61. The van der Waals surface area contributed by atoms with Crippen LogP contribution in [0.2, 0.25) is 0 Å². The highest BCUT2D eigenvalue weighted by molar-refractivity contribution is 7.09. The fourth-order valence-electron chi connectivity index (χ4n) is 2.26. The lowest BCUT2D eigenvalue weighted by Crippen LogP contribution is -2.22. The molecule has 1 aromatic carbocycles. The molecule has 3 rings (SSSR count). The van der Waals surface area contributed by atoms with Crippen LogP contribution in [-0.4, -0.2) is 30.1 Å². The van der Waals surface area contributed by atoms with Gasteiger partial charge in [0.05, 0.1) is 32.2 Å². The summed E-state index contributed by atoms with van der Waals surface area (Å²) in [4.78, 5) is 21.1. The molecule has 1 amide bonds. The zero-order valence-electron chi connectivity index (χ0n) is 13.9. The molecule has 0 unspecified atom stereocenters. The number of carbonyl (C=O) groups excluding carboxylic acids is 1. The number of ether oxygens (including phenoxy) is 2. The van der Waals surface area contributed by atoms with E-state index >= 15 is 0 Å². The Balaban J connectivity index is 1.66. The van der Waals surface area contributed by atoms with Gasteiger partial charge in [0.15, 0.2) is 11.5 Å². The van der Waals surface area contributed by atoms with Gasteiger partial charge in [-0.1, -0.05) is 6.07 Å². The first-order chi connectivity index (χ1) is 12.2. The molecule has 7 heteroatoms. The highest BCUT2D eigenvalue weighted by Gasteiger charge is 2.12. The zero-order chi connectivity index (χ0) is 17.6. The van der Waals surface area contributed by atoms with Gasteiger partial charge in [0.1, 0.15) is 5.01 Å². The maximum atomic E-state index is 12.3. The van der Waals surface area contributed by atoms with Crippen LogP contribution in [0.4, 0.5) is 0 Å². The number of rotatable bonds is 6. The van der Waals surface area contributed by atoms with E-state index in [0.29, 0.717) is 23.6 Å². The Labute approximate surface area is 149 Å². The molecule has 0 bridgehead atoms.